The minimum atomic E-state index is -1.13. The molecule has 0 aromatic rings. The lowest BCUT2D eigenvalue weighted by Gasteiger charge is -2.21. The van der Waals surface area contributed by atoms with Crippen molar-refractivity contribution in [3.63, 3.8) is 0 Å². The van der Waals surface area contributed by atoms with E-state index in [1.54, 1.807) is 6.92 Å². The standard InChI is InChI=1S/C22H34O15.C21H32O15/c1-15(37-22(31)7-4-19(27)28)12-36-16(13-32-8-10-34-20(29)5-2-17(23)24)14-33-9-11-35-21(30)6-3-18(25)26;22-16(23)1-4-19(28)34-9-7-31-13-15(33-11-12-36-21(30)6-3-18(26)27)14-32-8-10-35-20(29)5-2-17(24)25/h15-16H,2-14H2,1H3,(H,23,24)(H,25,26)(H,27,28);15H,1-14H2,(H,22,23)(H,24,25)(H,26,27). The molecular weight excluding hydrogens is 996 g/mol. The minimum Gasteiger partial charge on any atom is -0.481 e. The van der Waals surface area contributed by atoms with Crippen molar-refractivity contribution in [2.75, 3.05) is 99.1 Å². The predicted molar refractivity (Wildman–Crippen MR) is 234 cm³/mol. The number of carbonyl (C=O) groups is 12. The summed E-state index contributed by atoms with van der Waals surface area (Å²) in [6, 6.07) is 0. The Labute approximate surface area is 417 Å². The number of carboxylic acid groups (broad SMARTS) is 6. The summed E-state index contributed by atoms with van der Waals surface area (Å²) in [5.74, 6) is -10.9. The third kappa shape index (κ3) is 51.6. The molecule has 0 bridgehead atoms. The molecule has 0 radical (unpaired) electrons. The van der Waals surface area contributed by atoms with E-state index in [9.17, 15) is 57.5 Å². The molecule has 0 aliphatic carbocycles. The van der Waals surface area contributed by atoms with Gasteiger partial charge in [-0.1, -0.05) is 0 Å². The van der Waals surface area contributed by atoms with Crippen LogP contribution in [0.15, 0.2) is 0 Å². The van der Waals surface area contributed by atoms with E-state index in [-0.39, 0.29) is 176 Å². The van der Waals surface area contributed by atoms with Gasteiger partial charge in [-0.2, -0.15) is 0 Å². The molecule has 0 amide bonds. The summed E-state index contributed by atoms with van der Waals surface area (Å²) in [5, 5.41) is 51.3. The third-order valence-corrected chi connectivity index (χ3v) is 8.03. The van der Waals surface area contributed by atoms with Crippen molar-refractivity contribution in [1.29, 1.82) is 0 Å². The monoisotopic (exact) mass is 1060 g/mol. The second-order valence-corrected chi connectivity index (χ2v) is 14.5. The normalized spacial score (nSPS) is 11.1. The van der Waals surface area contributed by atoms with E-state index in [2.05, 4.69) is 0 Å². The van der Waals surface area contributed by atoms with Gasteiger partial charge in [0.15, 0.2) is 0 Å². The predicted octanol–water partition coefficient (Wildman–Crippen LogP) is -0.354. The molecule has 30 nitrogen and oxygen atoms in total. The van der Waals surface area contributed by atoms with Crippen molar-refractivity contribution in [3.05, 3.63) is 0 Å². The van der Waals surface area contributed by atoms with Gasteiger partial charge in [-0.05, 0) is 6.92 Å². The van der Waals surface area contributed by atoms with Gasteiger partial charge >= 0.3 is 71.6 Å². The van der Waals surface area contributed by atoms with Crippen molar-refractivity contribution in [3.8, 4) is 0 Å². The summed E-state index contributed by atoms with van der Waals surface area (Å²) >= 11 is 0. The quantitative estimate of drug-likeness (QED) is 0.0258. The summed E-state index contributed by atoms with van der Waals surface area (Å²) < 4.78 is 61.9. The molecule has 73 heavy (non-hydrogen) atoms. The lowest BCUT2D eigenvalue weighted by molar-refractivity contribution is -0.157. The number of carbonyl (C=O) groups excluding carboxylic acids is 6. The average Bonchev–Trinajstić information content (AvgIpc) is 3.32. The zero-order chi connectivity index (χ0) is 55.2. The number of aliphatic carboxylic acids is 6. The highest BCUT2D eigenvalue weighted by Gasteiger charge is 2.18. The van der Waals surface area contributed by atoms with E-state index >= 15 is 0 Å². The zero-order valence-electron chi connectivity index (χ0n) is 40.3. The number of carboxylic acids is 6. The van der Waals surface area contributed by atoms with Gasteiger partial charge in [0.05, 0.1) is 143 Å². The van der Waals surface area contributed by atoms with Crippen molar-refractivity contribution in [2.45, 2.75) is 102 Å². The maximum absolute atomic E-state index is 11.6. The van der Waals surface area contributed by atoms with E-state index in [4.69, 9.17) is 87.5 Å². The summed E-state index contributed by atoms with van der Waals surface area (Å²) in [7, 11) is 0. The van der Waals surface area contributed by atoms with Gasteiger partial charge in [-0.15, -0.1) is 0 Å². The van der Waals surface area contributed by atoms with Gasteiger partial charge in [-0.3, -0.25) is 57.5 Å². The number of hydrogen-bond donors (Lipinski definition) is 6. The summed E-state index contributed by atoms with van der Waals surface area (Å²) in [5.41, 5.74) is 0. The van der Waals surface area contributed by atoms with Crippen LogP contribution in [-0.2, 0) is 114 Å². The SMILES string of the molecule is CC(COC(COCCOC(=O)CCC(=O)O)COCCOC(=O)CCC(=O)O)OC(=O)CCC(=O)O.O=C(O)CCC(=O)OCCOCC(COCCOC(=O)CCC(=O)O)OCCOC(=O)CCC(=O)O. The molecule has 1 unspecified atom stereocenters. The molecule has 0 aliphatic heterocycles. The summed E-state index contributed by atoms with van der Waals surface area (Å²) in [6.45, 7) is 0.709. The number of esters is 6. The Balaban J connectivity index is 0. The van der Waals surface area contributed by atoms with Crippen LogP contribution in [0, 0.1) is 0 Å². The molecule has 0 spiro atoms. The Morgan fingerprint density at radius 1 is 0.288 bits per heavy atom. The average molecular weight is 1060 g/mol. The molecule has 6 N–H and O–H groups in total. The Bertz CT molecular complexity index is 1600. The van der Waals surface area contributed by atoms with Crippen LogP contribution < -0.4 is 0 Å². The van der Waals surface area contributed by atoms with E-state index < -0.39 is 89.9 Å². The molecule has 0 fully saturated rings. The lowest BCUT2D eigenvalue weighted by atomic mass is 10.3. The largest absolute Gasteiger partial charge is 0.481 e. The Morgan fingerprint density at radius 3 is 0.781 bits per heavy atom. The van der Waals surface area contributed by atoms with Crippen molar-refractivity contribution >= 4 is 71.6 Å². The van der Waals surface area contributed by atoms with Gasteiger partial charge in [-0.25, -0.2) is 0 Å². The maximum Gasteiger partial charge on any atom is 0.306 e. The fourth-order valence-corrected chi connectivity index (χ4v) is 4.58. The van der Waals surface area contributed by atoms with E-state index in [0.29, 0.717) is 0 Å². The van der Waals surface area contributed by atoms with Crippen LogP contribution in [0.1, 0.15) is 84.0 Å². The summed E-state index contributed by atoms with van der Waals surface area (Å²) in [6.07, 6.45) is -5.75. The Kier molecular flexibility index (Phi) is 42.5. The molecule has 0 aromatic carbocycles. The van der Waals surface area contributed by atoms with Gasteiger partial charge in [0.1, 0.15) is 51.3 Å². The highest BCUT2D eigenvalue weighted by Crippen LogP contribution is 2.05. The van der Waals surface area contributed by atoms with Crippen molar-refractivity contribution in [1.82, 2.24) is 0 Å². The minimum absolute atomic E-state index is 0.00988. The molecule has 418 valence electrons. The second-order valence-electron chi connectivity index (χ2n) is 14.5. The fourth-order valence-electron chi connectivity index (χ4n) is 4.58. The molecule has 1 atom stereocenters. The van der Waals surface area contributed by atoms with E-state index in [1.807, 2.05) is 0 Å². The van der Waals surface area contributed by atoms with Crippen LogP contribution in [0.3, 0.4) is 0 Å². The molecule has 30 heteroatoms. The number of ether oxygens (including phenoxy) is 12. The molecule has 0 saturated heterocycles. The van der Waals surface area contributed by atoms with Crippen molar-refractivity contribution in [2.24, 2.45) is 0 Å². The fraction of sp³-hybridized carbons (Fsp3) is 0.721. The Morgan fingerprint density at radius 2 is 0.521 bits per heavy atom. The number of hydrogen-bond acceptors (Lipinski definition) is 24. The smallest absolute Gasteiger partial charge is 0.306 e. The summed E-state index contributed by atoms with van der Waals surface area (Å²) in [4.78, 5) is 131. The topological polar surface area (TPSA) is 437 Å². The first-order valence-corrected chi connectivity index (χ1v) is 22.4. The van der Waals surface area contributed by atoms with Crippen LogP contribution in [-0.4, -0.2) is 220 Å². The van der Waals surface area contributed by atoms with Crippen LogP contribution in [0.4, 0.5) is 0 Å². The first kappa shape index (κ1) is 68.5. The molecule has 0 aliphatic rings. The van der Waals surface area contributed by atoms with Gasteiger partial charge < -0.3 is 87.5 Å². The van der Waals surface area contributed by atoms with Crippen LogP contribution in [0.5, 0.6) is 0 Å². The van der Waals surface area contributed by atoms with E-state index in [1.165, 1.54) is 0 Å². The second kappa shape index (κ2) is 45.3. The zero-order valence-corrected chi connectivity index (χ0v) is 40.3. The lowest BCUT2D eigenvalue weighted by Crippen LogP contribution is -2.31. The third-order valence-electron chi connectivity index (χ3n) is 8.03. The maximum atomic E-state index is 11.6. The van der Waals surface area contributed by atoms with Gasteiger partial charge in [0, 0.05) is 0 Å². The molecule has 0 saturated carbocycles. The Hall–Kier alpha value is -6.60. The van der Waals surface area contributed by atoms with Gasteiger partial charge in [0.25, 0.3) is 0 Å². The molecule has 0 heterocycles. The molecule has 0 aromatic heterocycles. The van der Waals surface area contributed by atoms with Crippen molar-refractivity contribution < 1.29 is 145 Å². The van der Waals surface area contributed by atoms with Crippen LogP contribution >= 0.6 is 0 Å². The van der Waals surface area contributed by atoms with Gasteiger partial charge in [0.2, 0.25) is 0 Å². The first-order valence-electron chi connectivity index (χ1n) is 22.4. The van der Waals surface area contributed by atoms with E-state index in [0.717, 1.165) is 0 Å². The van der Waals surface area contributed by atoms with Crippen LogP contribution in [0.25, 0.3) is 0 Å². The molecule has 0 rings (SSSR count). The first-order chi connectivity index (χ1) is 34.6. The number of rotatable bonds is 46. The highest BCUT2D eigenvalue weighted by atomic mass is 16.6. The molecular formula is C43H66O30. The van der Waals surface area contributed by atoms with Crippen LogP contribution in [0.2, 0.25) is 0 Å². The highest BCUT2D eigenvalue weighted by molar-refractivity contribution is 5.79.